The highest BCUT2D eigenvalue weighted by molar-refractivity contribution is 4.74. The molecule has 2 rings (SSSR count). The minimum Gasteiger partial charge on any atom is -0.379 e. The first-order valence-electron chi connectivity index (χ1n) is 6.97. The largest absolute Gasteiger partial charge is 0.379 e. The molecule has 0 aromatic carbocycles. The number of nitrogens with zero attached hydrogens (tertiary/aromatic N) is 1. The quantitative estimate of drug-likeness (QED) is 0.747. The van der Waals surface area contributed by atoms with Gasteiger partial charge in [-0.2, -0.15) is 0 Å². The van der Waals surface area contributed by atoms with Gasteiger partial charge in [-0.25, -0.2) is 5.01 Å². The van der Waals surface area contributed by atoms with Gasteiger partial charge in [0.05, 0.1) is 13.2 Å². The summed E-state index contributed by atoms with van der Waals surface area (Å²) >= 11 is 0. The summed E-state index contributed by atoms with van der Waals surface area (Å²) in [6.45, 7) is 6.20. The van der Waals surface area contributed by atoms with E-state index < -0.39 is 0 Å². The van der Waals surface area contributed by atoms with Crippen LogP contribution in [0.4, 0.5) is 0 Å². The standard InChI is InChI=1S/C13H26N2O/c1-2-12-4-3-5-13(7-6-12)14-15-8-10-16-11-9-15/h12-14H,2-11H2,1H3. The van der Waals surface area contributed by atoms with Crippen molar-refractivity contribution in [2.75, 3.05) is 26.3 Å². The number of rotatable bonds is 3. The normalized spacial score (nSPS) is 33.6. The van der Waals surface area contributed by atoms with Gasteiger partial charge in [-0.3, -0.25) is 5.43 Å². The summed E-state index contributed by atoms with van der Waals surface area (Å²) in [5.41, 5.74) is 3.70. The van der Waals surface area contributed by atoms with E-state index in [1.165, 1.54) is 38.5 Å². The molecule has 3 nitrogen and oxygen atoms in total. The molecule has 2 fully saturated rings. The Morgan fingerprint density at radius 2 is 1.94 bits per heavy atom. The molecular weight excluding hydrogens is 200 g/mol. The molecule has 1 saturated carbocycles. The van der Waals surface area contributed by atoms with Gasteiger partial charge >= 0.3 is 0 Å². The van der Waals surface area contributed by atoms with Gasteiger partial charge < -0.3 is 4.74 Å². The molecule has 1 N–H and O–H groups in total. The summed E-state index contributed by atoms with van der Waals surface area (Å²) < 4.78 is 5.37. The van der Waals surface area contributed by atoms with Gasteiger partial charge in [-0.1, -0.05) is 26.2 Å². The van der Waals surface area contributed by atoms with E-state index in [1.807, 2.05) is 0 Å². The summed E-state index contributed by atoms with van der Waals surface area (Å²) in [4.78, 5) is 0. The van der Waals surface area contributed by atoms with Crippen LogP contribution < -0.4 is 5.43 Å². The summed E-state index contributed by atoms with van der Waals surface area (Å²) in [6.07, 6.45) is 8.34. The second-order valence-corrected chi connectivity index (χ2v) is 5.21. The first kappa shape index (κ1) is 12.3. The maximum Gasteiger partial charge on any atom is 0.0608 e. The highest BCUT2D eigenvalue weighted by Gasteiger charge is 2.20. The van der Waals surface area contributed by atoms with E-state index in [0.29, 0.717) is 0 Å². The van der Waals surface area contributed by atoms with Crippen molar-refractivity contribution in [3.8, 4) is 0 Å². The van der Waals surface area contributed by atoms with Crippen LogP contribution >= 0.6 is 0 Å². The van der Waals surface area contributed by atoms with Crippen LogP contribution in [0.1, 0.15) is 45.4 Å². The average Bonchev–Trinajstić information content (AvgIpc) is 2.56. The Kier molecular flexibility index (Phi) is 5.07. The summed E-state index contributed by atoms with van der Waals surface area (Å²) in [7, 11) is 0. The van der Waals surface area contributed by atoms with Crippen LogP contribution in [-0.4, -0.2) is 37.4 Å². The maximum absolute atomic E-state index is 5.37. The minimum atomic E-state index is 0.717. The minimum absolute atomic E-state index is 0.717. The van der Waals surface area contributed by atoms with Crippen molar-refractivity contribution in [1.82, 2.24) is 10.4 Å². The van der Waals surface area contributed by atoms with Gasteiger partial charge in [0.2, 0.25) is 0 Å². The lowest BCUT2D eigenvalue weighted by Gasteiger charge is -2.31. The van der Waals surface area contributed by atoms with Crippen molar-refractivity contribution in [1.29, 1.82) is 0 Å². The predicted octanol–water partition coefficient (Wildman–Crippen LogP) is 2.18. The van der Waals surface area contributed by atoms with Crippen molar-refractivity contribution in [3.63, 3.8) is 0 Å². The first-order valence-corrected chi connectivity index (χ1v) is 6.97. The molecule has 0 radical (unpaired) electrons. The van der Waals surface area contributed by atoms with E-state index in [9.17, 15) is 0 Å². The molecule has 2 aliphatic rings. The zero-order valence-electron chi connectivity index (χ0n) is 10.6. The van der Waals surface area contributed by atoms with Crippen molar-refractivity contribution in [2.45, 2.75) is 51.5 Å². The number of hydrazine groups is 1. The van der Waals surface area contributed by atoms with Crippen LogP contribution in [0.15, 0.2) is 0 Å². The molecule has 2 atom stereocenters. The number of hydrogen-bond donors (Lipinski definition) is 1. The second kappa shape index (κ2) is 6.58. The molecule has 0 aromatic heterocycles. The third kappa shape index (κ3) is 3.72. The molecule has 3 heteroatoms. The van der Waals surface area contributed by atoms with Gasteiger partial charge in [0, 0.05) is 19.1 Å². The molecule has 1 saturated heterocycles. The Hall–Kier alpha value is -0.120. The lowest BCUT2D eigenvalue weighted by atomic mass is 9.98. The first-order chi connectivity index (χ1) is 7.88. The molecule has 1 aliphatic heterocycles. The molecule has 0 bridgehead atoms. The topological polar surface area (TPSA) is 24.5 Å². The zero-order chi connectivity index (χ0) is 11.2. The molecule has 94 valence electrons. The van der Waals surface area contributed by atoms with E-state index in [4.69, 9.17) is 4.74 Å². The fourth-order valence-corrected chi connectivity index (χ4v) is 2.87. The Morgan fingerprint density at radius 3 is 2.69 bits per heavy atom. The number of morpholine rings is 1. The van der Waals surface area contributed by atoms with Crippen LogP contribution in [-0.2, 0) is 4.74 Å². The van der Waals surface area contributed by atoms with Crippen molar-refractivity contribution < 1.29 is 4.74 Å². The molecule has 16 heavy (non-hydrogen) atoms. The smallest absolute Gasteiger partial charge is 0.0608 e. The number of hydrogen-bond acceptors (Lipinski definition) is 3. The summed E-state index contributed by atoms with van der Waals surface area (Å²) in [5.74, 6) is 0.983. The Balaban J connectivity index is 1.72. The summed E-state index contributed by atoms with van der Waals surface area (Å²) in [5, 5.41) is 2.36. The van der Waals surface area contributed by atoms with Crippen LogP contribution in [0.25, 0.3) is 0 Å². The highest BCUT2D eigenvalue weighted by Crippen LogP contribution is 2.25. The van der Waals surface area contributed by atoms with Crippen LogP contribution in [0.5, 0.6) is 0 Å². The van der Waals surface area contributed by atoms with Crippen molar-refractivity contribution >= 4 is 0 Å². The zero-order valence-corrected chi connectivity index (χ0v) is 10.6. The maximum atomic E-state index is 5.37. The molecule has 0 amide bonds. The van der Waals surface area contributed by atoms with Crippen LogP contribution in [0.2, 0.25) is 0 Å². The van der Waals surface area contributed by atoms with E-state index in [-0.39, 0.29) is 0 Å². The Morgan fingerprint density at radius 1 is 1.12 bits per heavy atom. The Labute approximate surface area is 99.5 Å². The monoisotopic (exact) mass is 226 g/mol. The highest BCUT2D eigenvalue weighted by atomic mass is 16.5. The van der Waals surface area contributed by atoms with Gasteiger partial charge in [-0.15, -0.1) is 0 Å². The fourth-order valence-electron chi connectivity index (χ4n) is 2.87. The number of nitrogens with one attached hydrogen (secondary N) is 1. The van der Waals surface area contributed by atoms with Gasteiger partial charge in [-0.05, 0) is 25.2 Å². The van der Waals surface area contributed by atoms with E-state index in [2.05, 4.69) is 17.4 Å². The lowest BCUT2D eigenvalue weighted by molar-refractivity contribution is 0.00223. The summed E-state index contributed by atoms with van der Waals surface area (Å²) in [6, 6.07) is 0.717. The van der Waals surface area contributed by atoms with E-state index in [1.54, 1.807) is 0 Å². The third-order valence-electron chi connectivity index (χ3n) is 4.04. The second-order valence-electron chi connectivity index (χ2n) is 5.21. The molecule has 0 aromatic rings. The van der Waals surface area contributed by atoms with Gasteiger partial charge in [0.25, 0.3) is 0 Å². The van der Waals surface area contributed by atoms with Crippen molar-refractivity contribution in [3.05, 3.63) is 0 Å². The van der Waals surface area contributed by atoms with Gasteiger partial charge in [0.1, 0.15) is 0 Å². The van der Waals surface area contributed by atoms with Crippen molar-refractivity contribution in [2.24, 2.45) is 5.92 Å². The Bertz CT molecular complexity index is 192. The third-order valence-corrected chi connectivity index (χ3v) is 4.04. The molecule has 0 spiro atoms. The molecule has 1 heterocycles. The van der Waals surface area contributed by atoms with E-state index >= 15 is 0 Å². The average molecular weight is 226 g/mol. The number of ether oxygens (including phenoxy) is 1. The lowest BCUT2D eigenvalue weighted by Crippen LogP contribution is -2.50. The molecular formula is C13H26N2O. The van der Waals surface area contributed by atoms with Crippen LogP contribution in [0, 0.1) is 5.92 Å². The molecule has 2 unspecified atom stereocenters. The molecule has 1 aliphatic carbocycles. The fraction of sp³-hybridized carbons (Fsp3) is 1.00. The SMILES string of the molecule is CCC1CCCC(NN2CCOCC2)CC1. The van der Waals surface area contributed by atoms with Crippen LogP contribution in [0.3, 0.4) is 0 Å². The van der Waals surface area contributed by atoms with E-state index in [0.717, 1.165) is 38.3 Å². The van der Waals surface area contributed by atoms with Gasteiger partial charge in [0.15, 0.2) is 0 Å². The predicted molar refractivity (Wildman–Crippen MR) is 66.2 cm³/mol.